The number of hydrogen-bond acceptors (Lipinski definition) is 2. The van der Waals surface area contributed by atoms with E-state index in [2.05, 4.69) is 10.3 Å². The fourth-order valence-corrected chi connectivity index (χ4v) is 1.81. The van der Waals surface area contributed by atoms with Crippen molar-refractivity contribution >= 4 is 11.6 Å². The van der Waals surface area contributed by atoms with E-state index in [0.717, 1.165) is 0 Å². The molecule has 0 saturated heterocycles. The fraction of sp³-hybridized carbons (Fsp3) is 0.273. The highest BCUT2D eigenvalue weighted by Crippen LogP contribution is 2.29. The van der Waals surface area contributed by atoms with Crippen LogP contribution in [0, 0.1) is 5.82 Å². The van der Waals surface area contributed by atoms with E-state index in [-0.39, 0.29) is 16.8 Å². The fourth-order valence-electron chi connectivity index (χ4n) is 1.64. The molecule has 0 amide bonds. The van der Waals surface area contributed by atoms with Crippen LogP contribution in [0.15, 0.2) is 24.5 Å². The Bertz CT molecular complexity index is 494. The van der Waals surface area contributed by atoms with Gasteiger partial charge < -0.3 is 0 Å². The van der Waals surface area contributed by atoms with Crippen molar-refractivity contribution in [3.05, 3.63) is 40.9 Å². The van der Waals surface area contributed by atoms with Crippen LogP contribution in [0.3, 0.4) is 0 Å². The number of rotatable bonds is 2. The molecule has 0 aliphatic heterocycles. The van der Waals surface area contributed by atoms with Gasteiger partial charge in [-0.1, -0.05) is 30.7 Å². The third kappa shape index (κ3) is 1.80. The average molecular weight is 240 g/mol. The minimum absolute atomic E-state index is 0.0258. The number of halogens is 2. The van der Waals surface area contributed by atoms with Crippen molar-refractivity contribution in [3.8, 4) is 5.69 Å². The van der Waals surface area contributed by atoms with Gasteiger partial charge in [0, 0.05) is 5.56 Å². The number of hydrogen-bond donors (Lipinski definition) is 0. The van der Waals surface area contributed by atoms with Crippen LogP contribution in [0.4, 0.5) is 4.39 Å². The summed E-state index contributed by atoms with van der Waals surface area (Å²) in [4.78, 5) is 0. The third-order valence-corrected chi connectivity index (χ3v) is 2.65. The molecule has 16 heavy (non-hydrogen) atoms. The van der Waals surface area contributed by atoms with Gasteiger partial charge in [0.25, 0.3) is 0 Å². The van der Waals surface area contributed by atoms with Crippen LogP contribution in [-0.4, -0.2) is 15.0 Å². The molecule has 3 nitrogen and oxygen atoms in total. The Morgan fingerprint density at radius 1 is 1.38 bits per heavy atom. The summed E-state index contributed by atoms with van der Waals surface area (Å²) in [5, 5.41) is 7.70. The largest absolute Gasteiger partial charge is 0.220 e. The highest BCUT2D eigenvalue weighted by atomic mass is 35.5. The summed E-state index contributed by atoms with van der Waals surface area (Å²) in [5.74, 6) is -0.359. The standard InChI is InChI=1S/C11H11ClFN3/c1-7(2)10-9(16-6-5-14-15-16)4-3-8(12)11(10)13/h3-7H,1-2H3. The highest BCUT2D eigenvalue weighted by molar-refractivity contribution is 6.30. The molecule has 0 saturated carbocycles. The second-order valence-corrected chi connectivity index (χ2v) is 4.20. The third-order valence-electron chi connectivity index (χ3n) is 2.36. The van der Waals surface area contributed by atoms with Gasteiger partial charge in [-0.25, -0.2) is 9.07 Å². The maximum Gasteiger partial charge on any atom is 0.147 e. The first kappa shape index (κ1) is 11.1. The molecular formula is C11H11ClFN3. The lowest BCUT2D eigenvalue weighted by Gasteiger charge is -2.14. The van der Waals surface area contributed by atoms with Crippen LogP contribution >= 0.6 is 11.6 Å². The van der Waals surface area contributed by atoms with E-state index >= 15 is 0 Å². The molecule has 0 unspecified atom stereocenters. The molecule has 1 aromatic carbocycles. The summed E-state index contributed by atoms with van der Waals surface area (Å²) in [6.07, 6.45) is 3.23. The maximum atomic E-state index is 13.9. The number of nitrogens with zero attached hydrogens (tertiary/aromatic N) is 3. The SMILES string of the molecule is CC(C)c1c(-n2ccnn2)ccc(Cl)c1F. The van der Waals surface area contributed by atoms with Crippen LogP contribution in [0.2, 0.25) is 5.02 Å². The van der Waals surface area contributed by atoms with Crippen molar-refractivity contribution in [2.45, 2.75) is 19.8 Å². The minimum Gasteiger partial charge on any atom is -0.220 e. The smallest absolute Gasteiger partial charge is 0.147 e. The van der Waals surface area contributed by atoms with Crippen molar-refractivity contribution in [2.75, 3.05) is 0 Å². The first-order valence-electron chi connectivity index (χ1n) is 4.96. The van der Waals surface area contributed by atoms with E-state index in [1.165, 1.54) is 10.7 Å². The predicted octanol–water partition coefficient (Wildman–Crippen LogP) is 3.18. The van der Waals surface area contributed by atoms with Gasteiger partial charge in [0.15, 0.2) is 0 Å². The second-order valence-electron chi connectivity index (χ2n) is 3.80. The van der Waals surface area contributed by atoms with E-state index in [9.17, 15) is 4.39 Å². The van der Waals surface area contributed by atoms with Gasteiger partial charge in [0.2, 0.25) is 0 Å². The molecule has 2 aromatic rings. The normalized spacial score (nSPS) is 11.1. The lowest BCUT2D eigenvalue weighted by molar-refractivity contribution is 0.593. The minimum atomic E-state index is -0.385. The summed E-state index contributed by atoms with van der Waals surface area (Å²) in [5.41, 5.74) is 1.23. The van der Waals surface area contributed by atoms with Crippen LogP contribution in [0.25, 0.3) is 5.69 Å². The van der Waals surface area contributed by atoms with Crippen LogP contribution in [0.1, 0.15) is 25.3 Å². The zero-order valence-electron chi connectivity index (χ0n) is 8.98. The molecule has 0 aliphatic carbocycles. The van der Waals surface area contributed by atoms with Gasteiger partial charge in [-0.2, -0.15) is 0 Å². The van der Waals surface area contributed by atoms with E-state index in [1.54, 1.807) is 18.5 Å². The Labute approximate surface area is 97.8 Å². The molecule has 2 rings (SSSR count). The quantitative estimate of drug-likeness (QED) is 0.806. The summed E-state index contributed by atoms with van der Waals surface area (Å²) < 4.78 is 15.4. The lowest BCUT2D eigenvalue weighted by Crippen LogP contribution is -2.05. The first-order chi connectivity index (χ1) is 7.61. The van der Waals surface area contributed by atoms with Crippen molar-refractivity contribution < 1.29 is 4.39 Å². The van der Waals surface area contributed by atoms with Crippen molar-refractivity contribution in [1.82, 2.24) is 15.0 Å². The summed E-state index contributed by atoms with van der Waals surface area (Å²) in [6.45, 7) is 3.82. The van der Waals surface area contributed by atoms with Crippen molar-refractivity contribution in [1.29, 1.82) is 0 Å². The van der Waals surface area contributed by atoms with E-state index in [4.69, 9.17) is 11.6 Å². The Hall–Kier alpha value is -1.42. The summed E-state index contributed by atoms with van der Waals surface area (Å²) in [6, 6.07) is 3.27. The predicted molar refractivity (Wildman–Crippen MR) is 60.4 cm³/mol. The molecule has 1 aromatic heterocycles. The first-order valence-corrected chi connectivity index (χ1v) is 5.33. The van der Waals surface area contributed by atoms with Gasteiger partial charge in [-0.15, -0.1) is 5.10 Å². The lowest BCUT2D eigenvalue weighted by atomic mass is 10.0. The van der Waals surface area contributed by atoms with E-state index < -0.39 is 0 Å². The number of aromatic nitrogens is 3. The summed E-state index contributed by atoms with van der Waals surface area (Å²) in [7, 11) is 0. The van der Waals surface area contributed by atoms with Gasteiger partial charge >= 0.3 is 0 Å². The molecule has 1 heterocycles. The van der Waals surface area contributed by atoms with Gasteiger partial charge in [0.05, 0.1) is 23.1 Å². The van der Waals surface area contributed by atoms with Crippen LogP contribution < -0.4 is 0 Å². The van der Waals surface area contributed by atoms with E-state index in [0.29, 0.717) is 11.3 Å². The molecule has 0 bridgehead atoms. The van der Waals surface area contributed by atoms with Crippen molar-refractivity contribution in [3.63, 3.8) is 0 Å². The van der Waals surface area contributed by atoms with Crippen LogP contribution in [0.5, 0.6) is 0 Å². The molecule has 5 heteroatoms. The molecule has 0 radical (unpaired) electrons. The zero-order chi connectivity index (χ0) is 11.7. The maximum absolute atomic E-state index is 13.9. The molecule has 0 fully saturated rings. The Morgan fingerprint density at radius 3 is 2.69 bits per heavy atom. The Kier molecular flexibility index (Phi) is 2.92. The Morgan fingerprint density at radius 2 is 2.12 bits per heavy atom. The van der Waals surface area contributed by atoms with Crippen molar-refractivity contribution in [2.24, 2.45) is 0 Å². The number of benzene rings is 1. The summed E-state index contributed by atoms with van der Waals surface area (Å²) >= 11 is 5.77. The molecule has 0 atom stereocenters. The van der Waals surface area contributed by atoms with Gasteiger partial charge in [0.1, 0.15) is 5.82 Å². The molecule has 0 aliphatic rings. The topological polar surface area (TPSA) is 30.7 Å². The second kappa shape index (κ2) is 4.22. The zero-order valence-corrected chi connectivity index (χ0v) is 9.74. The monoisotopic (exact) mass is 239 g/mol. The Balaban J connectivity index is 2.66. The average Bonchev–Trinajstić information content (AvgIpc) is 2.74. The van der Waals surface area contributed by atoms with Gasteiger partial charge in [-0.05, 0) is 18.1 Å². The molecule has 0 spiro atoms. The van der Waals surface area contributed by atoms with Gasteiger partial charge in [-0.3, -0.25) is 0 Å². The van der Waals surface area contributed by atoms with E-state index in [1.807, 2.05) is 13.8 Å². The van der Waals surface area contributed by atoms with Crippen LogP contribution in [-0.2, 0) is 0 Å². The molecule has 0 N–H and O–H groups in total. The highest BCUT2D eigenvalue weighted by Gasteiger charge is 2.16. The molecular weight excluding hydrogens is 229 g/mol. The molecule has 84 valence electrons.